The van der Waals surface area contributed by atoms with Gasteiger partial charge in [0.05, 0.1) is 18.1 Å². The standard InChI is InChI=1S/C8H16N4/c1-3-11-7(4-9)8-5-10-6-12(8)2/h5-7,11H,3-4,9H2,1-2H3. The number of likely N-dealkylation sites (N-methyl/N-ethyl adjacent to an activating group) is 1. The Morgan fingerprint density at radius 1 is 1.75 bits per heavy atom. The fourth-order valence-electron chi connectivity index (χ4n) is 1.26. The first-order valence-corrected chi connectivity index (χ1v) is 4.19. The zero-order valence-corrected chi connectivity index (χ0v) is 7.62. The van der Waals surface area contributed by atoms with Crippen LogP contribution in [0.25, 0.3) is 0 Å². The minimum Gasteiger partial charge on any atom is -0.336 e. The lowest BCUT2D eigenvalue weighted by molar-refractivity contribution is 0.532. The van der Waals surface area contributed by atoms with Crippen molar-refractivity contribution in [3.05, 3.63) is 18.2 Å². The van der Waals surface area contributed by atoms with Crippen LogP contribution in [0.3, 0.4) is 0 Å². The molecule has 1 atom stereocenters. The highest BCUT2D eigenvalue weighted by molar-refractivity contribution is 5.05. The number of aromatic nitrogens is 2. The van der Waals surface area contributed by atoms with Crippen molar-refractivity contribution in [2.45, 2.75) is 13.0 Å². The molecule has 0 aliphatic rings. The first kappa shape index (κ1) is 9.22. The number of hydrogen-bond acceptors (Lipinski definition) is 3. The fourth-order valence-corrected chi connectivity index (χ4v) is 1.26. The van der Waals surface area contributed by atoms with Gasteiger partial charge in [-0.25, -0.2) is 4.98 Å². The molecule has 0 radical (unpaired) electrons. The van der Waals surface area contributed by atoms with Crippen molar-refractivity contribution in [2.75, 3.05) is 13.1 Å². The van der Waals surface area contributed by atoms with Crippen LogP contribution in [0.4, 0.5) is 0 Å². The number of rotatable bonds is 4. The zero-order valence-electron chi connectivity index (χ0n) is 7.62. The van der Waals surface area contributed by atoms with Gasteiger partial charge in [0.2, 0.25) is 0 Å². The number of nitrogens with one attached hydrogen (secondary N) is 1. The molecule has 0 spiro atoms. The Balaban J connectivity index is 2.72. The van der Waals surface area contributed by atoms with Crippen LogP contribution in [0.15, 0.2) is 12.5 Å². The molecule has 1 rings (SSSR count). The second kappa shape index (κ2) is 4.23. The van der Waals surface area contributed by atoms with Crippen molar-refractivity contribution in [2.24, 2.45) is 12.8 Å². The van der Waals surface area contributed by atoms with Gasteiger partial charge in [-0.05, 0) is 6.54 Å². The van der Waals surface area contributed by atoms with Gasteiger partial charge in [0.15, 0.2) is 0 Å². The highest BCUT2D eigenvalue weighted by Crippen LogP contribution is 2.08. The third kappa shape index (κ3) is 1.84. The lowest BCUT2D eigenvalue weighted by atomic mass is 10.2. The van der Waals surface area contributed by atoms with E-state index in [-0.39, 0.29) is 6.04 Å². The van der Waals surface area contributed by atoms with Gasteiger partial charge in [-0.1, -0.05) is 6.92 Å². The first-order chi connectivity index (χ1) is 5.79. The van der Waals surface area contributed by atoms with Gasteiger partial charge >= 0.3 is 0 Å². The maximum atomic E-state index is 5.62. The topological polar surface area (TPSA) is 55.9 Å². The van der Waals surface area contributed by atoms with Crippen LogP contribution in [0.2, 0.25) is 0 Å². The molecule has 4 heteroatoms. The molecule has 1 heterocycles. The molecule has 0 bridgehead atoms. The molecule has 0 fully saturated rings. The summed E-state index contributed by atoms with van der Waals surface area (Å²) in [6, 6.07) is 0.225. The van der Waals surface area contributed by atoms with Crippen molar-refractivity contribution in [3.63, 3.8) is 0 Å². The number of imidazole rings is 1. The van der Waals surface area contributed by atoms with E-state index >= 15 is 0 Å². The third-order valence-electron chi connectivity index (χ3n) is 1.90. The summed E-state index contributed by atoms with van der Waals surface area (Å²) in [5.41, 5.74) is 6.75. The van der Waals surface area contributed by atoms with Crippen molar-refractivity contribution in [1.29, 1.82) is 0 Å². The van der Waals surface area contributed by atoms with Gasteiger partial charge < -0.3 is 15.6 Å². The molecule has 0 saturated carbocycles. The quantitative estimate of drug-likeness (QED) is 0.667. The van der Waals surface area contributed by atoms with Crippen molar-refractivity contribution >= 4 is 0 Å². The number of nitrogens with zero attached hydrogens (tertiary/aromatic N) is 2. The molecule has 0 amide bonds. The van der Waals surface area contributed by atoms with Gasteiger partial charge in [-0.2, -0.15) is 0 Å². The molecular formula is C8H16N4. The smallest absolute Gasteiger partial charge is 0.0946 e. The molecule has 0 aromatic carbocycles. The first-order valence-electron chi connectivity index (χ1n) is 4.19. The summed E-state index contributed by atoms with van der Waals surface area (Å²) in [7, 11) is 1.97. The van der Waals surface area contributed by atoms with E-state index in [1.54, 1.807) is 6.33 Å². The van der Waals surface area contributed by atoms with Crippen LogP contribution in [0.1, 0.15) is 18.7 Å². The van der Waals surface area contributed by atoms with E-state index in [4.69, 9.17) is 5.73 Å². The van der Waals surface area contributed by atoms with E-state index in [1.165, 1.54) is 0 Å². The summed E-state index contributed by atoms with van der Waals surface area (Å²) in [6.45, 7) is 3.60. The molecule has 1 aromatic rings. The molecule has 1 aromatic heterocycles. The fraction of sp³-hybridized carbons (Fsp3) is 0.625. The normalized spacial score (nSPS) is 13.2. The molecule has 4 nitrogen and oxygen atoms in total. The van der Waals surface area contributed by atoms with Gasteiger partial charge in [-0.15, -0.1) is 0 Å². The average molecular weight is 168 g/mol. The number of aryl methyl sites for hydroxylation is 1. The summed E-state index contributed by atoms with van der Waals surface area (Å²) >= 11 is 0. The van der Waals surface area contributed by atoms with E-state index in [2.05, 4.69) is 17.2 Å². The second-order valence-electron chi connectivity index (χ2n) is 2.78. The van der Waals surface area contributed by atoms with Crippen molar-refractivity contribution < 1.29 is 0 Å². The Morgan fingerprint density at radius 2 is 2.50 bits per heavy atom. The summed E-state index contributed by atoms with van der Waals surface area (Å²) in [6.07, 6.45) is 3.63. The van der Waals surface area contributed by atoms with Crippen LogP contribution < -0.4 is 11.1 Å². The highest BCUT2D eigenvalue weighted by Gasteiger charge is 2.10. The Kier molecular flexibility index (Phi) is 3.25. The van der Waals surface area contributed by atoms with E-state index in [1.807, 2.05) is 17.8 Å². The van der Waals surface area contributed by atoms with Crippen LogP contribution in [-0.2, 0) is 7.05 Å². The van der Waals surface area contributed by atoms with Crippen LogP contribution in [-0.4, -0.2) is 22.6 Å². The molecule has 3 N–H and O–H groups in total. The van der Waals surface area contributed by atoms with Gasteiger partial charge in [0, 0.05) is 19.8 Å². The van der Waals surface area contributed by atoms with Gasteiger partial charge in [-0.3, -0.25) is 0 Å². The monoisotopic (exact) mass is 168 g/mol. The minimum atomic E-state index is 0.225. The highest BCUT2D eigenvalue weighted by atomic mass is 15.1. The number of hydrogen-bond donors (Lipinski definition) is 2. The summed E-state index contributed by atoms with van der Waals surface area (Å²) < 4.78 is 1.99. The van der Waals surface area contributed by atoms with E-state index in [0.29, 0.717) is 6.54 Å². The van der Waals surface area contributed by atoms with Crippen molar-refractivity contribution in [3.8, 4) is 0 Å². The minimum absolute atomic E-state index is 0.225. The zero-order chi connectivity index (χ0) is 8.97. The molecular weight excluding hydrogens is 152 g/mol. The van der Waals surface area contributed by atoms with E-state index in [0.717, 1.165) is 12.2 Å². The van der Waals surface area contributed by atoms with E-state index < -0.39 is 0 Å². The largest absolute Gasteiger partial charge is 0.336 e. The Morgan fingerprint density at radius 3 is 2.92 bits per heavy atom. The predicted octanol–water partition coefficient (Wildman–Crippen LogP) is 0.0294. The van der Waals surface area contributed by atoms with Gasteiger partial charge in [0.1, 0.15) is 0 Å². The lowest BCUT2D eigenvalue weighted by Gasteiger charge is -2.15. The average Bonchev–Trinajstić information content (AvgIpc) is 2.47. The maximum absolute atomic E-state index is 5.62. The molecule has 0 aliphatic carbocycles. The third-order valence-corrected chi connectivity index (χ3v) is 1.90. The summed E-state index contributed by atoms with van der Waals surface area (Å²) in [4.78, 5) is 4.04. The molecule has 0 aliphatic heterocycles. The van der Waals surface area contributed by atoms with Crippen molar-refractivity contribution in [1.82, 2.24) is 14.9 Å². The summed E-state index contributed by atoms with van der Waals surface area (Å²) in [5, 5.41) is 3.29. The molecule has 68 valence electrons. The summed E-state index contributed by atoms with van der Waals surface area (Å²) in [5.74, 6) is 0. The Bertz CT molecular complexity index is 231. The molecule has 12 heavy (non-hydrogen) atoms. The maximum Gasteiger partial charge on any atom is 0.0946 e. The van der Waals surface area contributed by atoms with Crippen LogP contribution >= 0.6 is 0 Å². The molecule has 1 unspecified atom stereocenters. The number of nitrogens with two attached hydrogens (primary N) is 1. The predicted molar refractivity (Wildman–Crippen MR) is 48.7 cm³/mol. The van der Waals surface area contributed by atoms with Gasteiger partial charge in [0.25, 0.3) is 0 Å². The Hall–Kier alpha value is -0.870. The van der Waals surface area contributed by atoms with Crippen LogP contribution in [0, 0.1) is 0 Å². The van der Waals surface area contributed by atoms with Crippen LogP contribution in [0.5, 0.6) is 0 Å². The van der Waals surface area contributed by atoms with E-state index in [9.17, 15) is 0 Å². The second-order valence-corrected chi connectivity index (χ2v) is 2.78. The lowest BCUT2D eigenvalue weighted by Crippen LogP contribution is -2.29. The Labute approximate surface area is 72.8 Å². The SMILES string of the molecule is CCNC(CN)c1cncn1C. The molecule has 0 saturated heterocycles.